The van der Waals surface area contributed by atoms with Gasteiger partial charge in [0.1, 0.15) is 5.75 Å². The van der Waals surface area contributed by atoms with Crippen LogP contribution in [-0.2, 0) is 0 Å². The van der Waals surface area contributed by atoms with Crippen LogP contribution in [0.15, 0.2) is 42.7 Å². The summed E-state index contributed by atoms with van der Waals surface area (Å²) in [6.07, 6.45) is 9.52. The minimum Gasteiger partial charge on any atom is -0.507 e. The molecule has 0 unspecified atom stereocenters. The van der Waals surface area contributed by atoms with Crippen LogP contribution in [0.4, 0.5) is 5.82 Å². The van der Waals surface area contributed by atoms with E-state index in [-0.39, 0.29) is 5.75 Å². The van der Waals surface area contributed by atoms with Gasteiger partial charge in [-0.15, -0.1) is 15.3 Å². The summed E-state index contributed by atoms with van der Waals surface area (Å²) in [7, 11) is 2.11. The maximum absolute atomic E-state index is 10.5. The second kappa shape index (κ2) is 7.44. The van der Waals surface area contributed by atoms with Gasteiger partial charge in [0.2, 0.25) is 0 Å². The lowest BCUT2D eigenvalue weighted by atomic mass is 9.83. The molecule has 150 valence electrons. The number of phenols is 1. The van der Waals surface area contributed by atoms with Gasteiger partial charge in [-0.2, -0.15) is 0 Å². The summed E-state index contributed by atoms with van der Waals surface area (Å²) in [5, 5.41) is 30.8. The maximum atomic E-state index is 10.5. The van der Waals surface area contributed by atoms with Crippen molar-refractivity contribution in [3.05, 3.63) is 42.7 Å². The molecule has 2 saturated heterocycles. The maximum Gasteiger partial charge on any atom is 0.151 e. The van der Waals surface area contributed by atoms with Crippen molar-refractivity contribution in [2.45, 2.75) is 50.2 Å². The zero-order chi connectivity index (χ0) is 19.8. The molecule has 8 heteroatoms. The summed E-state index contributed by atoms with van der Waals surface area (Å²) in [6, 6.07) is 11.0. The van der Waals surface area contributed by atoms with Crippen molar-refractivity contribution in [2.75, 3.05) is 11.9 Å². The van der Waals surface area contributed by atoms with E-state index < -0.39 is 0 Å². The number of fused-ring (bicyclic) bond motifs is 2. The van der Waals surface area contributed by atoms with Crippen LogP contribution in [0.25, 0.3) is 16.9 Å². The van der Waals surface area contributed by atoms with Gasteiger partial charge < -0.3 is 15.3 Å². The monoisotopic (exact) mass is 391 g/mol. The number of anilines is 1. The highest BCUT2D eigenvalue weighted by Crippen LogP contribution is 2.32. The predicted octanol–water partition coefficient (Wildman–Crippen LogP) is 2.54. The van der Waals surface area contributed by atoms with Gasteiger partial charge in [-0.05, 0) is 49.9 Å². The molecule has 4 heterocycles. The molecule has 2 bridgehead atoms. The van der Waals surface area contributed by atoms with E-state index in [9.17, 15) is 5.11 Å². The predicted molar refractivity (Wildman–Crippen MR) is 110 cm³/mol. The molecule has 1 aromatic carbocycles. The fourth-order valence-corrected chi connectivity index (χ4v) is 4.62. The van der Waals surface area contributed by atoms with Gasteiger partial charge >= 0.3 is 0 Å². The molecule has 0 saturated carbocycles. The Morgan fingerprint density at radius 3 is 2.59 bits per heavy atom. The highest BCUT2D eigenvalue weighted by atomic mass is 16.3. The van der Waals surface area contributed by atoms with Crippen molar-refractivity contribution in [2.24, 2.45) is 0 Å². The lowest BCUT2D eigenvalue weighted by Crippen LogP contribution is -2.54. The van der Waals surface area contributed by atoms with Gasteiger partial charge in [0, 0.05) is 36.8 Å². The number of benzene rings is 1. The van der Waals surface area contributed by atoms with Gasteiger partial charge in [-0.3, -0.25) is 0 Å². The van der Waals surface area contributed by atoms with E-state index in [1.54, 1.807) is 23.1 Å². The van der Waals surface area contributed by atoms with Crippen LogP contribution in [-0.4, -0.2) is 55.5 Å². The molecule has 2 aromatic heterocycles. The Balaban J connectivity index is 1.33. The number of piperidine rings is 2. The molecule has 29 heavy (non-hydrogen) atoms. The Bertz CT molecular complexity index is 961. The van der Waals surface area contributed by atoms with Gasteiger partial charge in [-0.25, -0.2) is 4.68 Å². The minimum absolute atomic E-state index is 0.139. The quantitative estimate of drug-likeness (QED) is 0.706. The largest absolute Gasteiger partial charge is 0.507 e. The fourth-order valence-electron chi connectivity index (χ4n) is 4.62. The highest BCUT2D eigenvalue weighted by Gasteiger charge is 2.33. The third-order valence-corrected chi connectivity index (χ3v) is 6.19. The number of nitrogens with zero attached hydrogens (tertiary/aromatic N) is 6. The normalized spacial score (nSPS) is 23.7. The standard InChI is InChI=1S/C21H25N7O/c1-27(17-11-14-3-2-4-15(12-17)23-14)21-8-7-19(24-25-21)18-6-5-16(13-20(18)29)28-10-9-22-26-28/h5-10,13-15,17,23,29H,2-4,11-12H2,1H3/t14-,15+,17-. The Labute approximate surface area is 169 Å². The molecule has 5 rings (SSSR count). The van der Waals surface area contributed by atoms with Crippen LogP contribution in [0.1, 0.15) is 32.1 Å². The minimum atomic E-state index is 0.139. The van der Waals surface area contributed by atoms with E-state index in [2.05, 4.69) is 37.8 Å². The summed E-state index contributed by atoms with van der Waals surface area (Å²) in [6.45, 7) is 0. The molecular weight excluding hydrogens is 366 g/mol. The zero-order valence-electron chi connectivity index (χ0n) is 16.4. The summed E-state index contributed by atoms with van der Waals surface area (Å²) in [4.78, 5) is 2.26. The first-order valence-electron chi connectivity index (χ1n) is 10.2. The molecule has 3 aromatic rings. The van der Waals surface area contributed by atoms with Crippen molar-refractivity contribution in [3.63, 3.8) is 0 Å². The third kappa shape index (κ3) is 3.55. The Morgan fingerprint density at radius 2 is 1.93 bits per heavy atom. The van der Waals surface area contributed by atoms with Gasteiger partial charge in [0.25, 0.3) is 0 Å². The summed E-state index contributed by atoms with van der Waals surface area (Å²) in [5.41, 5.74) is 2.03. The summed E-state index contributed by atoms with van der Waals surface area (Å²) < 4.78 is 1.60. The molecule has 0 radical (unpaired) electrons. The van der Waals surface area contributed by atoms with Gasteiger partial charge in [0.15, 0.2) is 5.82 Å². The molecule has 8 nitrogen and oxygen atoms in total. The second-order valence-electron chi connectivity index (χ2n) is 8.05. The van der Waals surface area contributed by atoms with Crippen LogP contribution in [0.3, 0.4) is 0 Å². The van der Waals surface area contributed by atoms with Crippen molar-refractivity contribution < 1.29 is 5.11 Å². The lowest BCUT2D eigenvalue weighted by molar-refractivity contribution is 0.219. The van der Waals surface area contributed by atoms with Gasteiger partial charge in [0.05, 0.1) is 23.8 Å². The lowest BCUT2D eigenvalue weighted by Gasteiger charge is -2.43. The molecule has 2 aliphatic heterocycles. The molecule has 0 spiro atoms. The SMILES string of the molecule is CN(c1ccc(-c2ccc(-n3ccnn3)cc2O)nn1)[C@@H]1C[C@H]2CCC[C@@H](C1)N2. The summed E-state index contributed by atoms with van der Waals surface area (Å²) in [5.74, 6) is 1.01. The molecule has 2 N–H and O–H groups in total. The number of hydrogen-bond acceptors (Lipinski definition) is 7. The van der Waals surface area contributed by atoms with Gasteiger partial charge in [-0.1, -0.05) is 11.6 Å². The molecule has 2 fully saturated rings. The average Bonchev–Trinajstić information content (AvgIpc) is 3.28. The number of aromatic nitrogens is 5. The first-order chi connectivity index (χ1) is 14.2. The molecule has 0 aliphatic carbocycles. The molecule has 2 aliphatic rings. The number of rotatable bonds is 4. The van der Waals surface area contributed by atoms with Crippen LogP contribution in [0.2, 0.25) is 0 Å². The summed E-state index contributed by atoms with van der Waals surface area (Å²) >= 11 is 0. The van der Waals surface area contributed by atoms with Crippen LogP contribution in [0, 0.1) is 0 Å². The Hall–Kier alpha value is -3.00. The Kier molecular flexibility index (Phi) is 4.63. The third-order valence-electron chi connectivity index (χ3n) is 6.19. The van der Waals surface area contributed by atoms with E-state index in [4.69, 9.17) is 0 Å². The van der Waals surface area contributed by atoms with E-state index in [0.717, 1.165) is 24.3 Å². The molecule has 3 atom stereocenters. The Morgan fingerprint density at radius 1 is 1.10 bits per heavy atom. The second-order valence-corrected chi connectivity index (χ2v) is 8.05. The van der Waals surface area contributed by atoms with Crippen molar-refractivity contribution in [1.82, 2.24) is 30.5 Å². The van der Waals surface area contributed by atoms with E-state index >= 15 is 0 Å². The number of nitrogens with one attached hydrogen (secondary N) is 1. The number of hydrogen-bond donors (Lipinski definition) is 2. The van der Waals surface area contributed by atoms with Crippen LogP contribution < -0.4 is 10.2 Å². The van der Waals surface area contributed by atoms with Crippen molar-refractivity contribution in [3.8, 4) is 22.7 Å². The van der Waals surface area contributed by atoms with E-state index in [1.165, 1.54) is 19.3 Å². The topological polar surface area (TPSA) is 92.0 Å². The molecular formula is C21H25N7O. The van der Waals surface area contributed by atoms with Crippen LogP contribution in [0.5, 0.6) is 5.75 Å². The smallest absolute Gasteiger partial charge is 0.151 e. The van der Waals surface area contributed by atoms with Crippen molar-refractivity contribution in [1.29, 1.82) is 0 Å². The van der Waals surface area contributed by atoms with E-state index in [0.29, 0.717) is 29.4 Å². The van der Waals surface area contributed by atoms with Crippen molar-refractivity contribution >= 4 is 5.82 Å². The number of phenolic OH excluding ortho intramolecular Hbond substituents is 1. The first-order valence-corrected chi connectivity index (χ1v) is 10.2. The van der Waals surface area contributed by atoms with Crippen LogP contribution >= 0.6 is 0 Å². The number of aromatic hydroxyl groups is 1. The van der Waals surface area contributed by atoms with E-state index in [1.807, 2.05) is 24.3 Å². The fraction of sp³-hybridized carbons (Fsp3) is 0.429. The first kappa shape index (κ1) is 18.1. The molecule has 0 amide bonds. The highest BCUT2D eigenvalue weighted by molar-refractivity contribution is 5.68. The average molecular weight is 391 g/mol. The zero-order valence-corrected chi connectivity index (χ0v) is 16.4.